The SMILES string of the molecule is C=CC=C(C=CNOC)C(=O)Nc1cc(-c2ccccc2)nc2c(C3CC3)cnn12. The summed E-state index contributed by atoms with van der Waals surface area (Å²) in [6.07, 6.45) is 10.5. The number of hydrogen-bond acceptors (Lipinski definition) is 5. The Kier molecular flexibility index (Phi) is 5.72. The summed E-state index contributed by atoms with van der Waals surface area (Å²) in [5.41, 5.74) is 6.65. The van der Waals surface area contributed by atoms with E-state index in [1.807, 2.05) is 42.6 Å². The van der Waals surface area contributed by atoms with Gasteiger partial charge in [-0.25, -0.2) is 4.98 Å². The number of nitrogens with zero attached hydrogens (tertiary/aromatic N) is 3. The highest BCUT2D eigenvalue weighted by Gasteiger charge is 2.28. The number of benzene rings is 1. The molecule has 30 heavy (non-hydrogen) atoms. The third-order valence-corrected chi connectivity index (χ3v) is 4.84. The van der Waals surface area contributed by atoms with Gasteiger partial charge in [0.2, 0.25) is 0 Å². The number of allylic oxidation sites excluding steroid dienone is 2. The van der Waals surface area contributed by atoms with Gasteiger partial charge in [-0.2, -0.15) is 9.61 Å². The van der Waals surface area contributed by atoms with Crippen LogP contribution >= 0.6 is 0 Å². The molecule has 0 atom stereocenters. The minimum atomic E-state index is -0.293. The number of rotatable bonds is 8. The highest BCUT2D eigenvalue weighted by atomic mass is 16.6. The molecule has 1 aliphatic rings. The van der Waals surface area contributed by atoms with Crippen molar-refractivity contribution in [3.63, 3.8) is 0 Å². The van der Waals surface area contributed by atoms with E-state index in [1.165, 1.54) is 13.3 Å². The standard InChI is InChI=1S/C23H23N5O2/c1-3-7-18(12-13-25-30-2)23(29)27-21-14-20(17-8-5-4-6-9-17)26-22-19(16-10-11-16)15-24-28(21)22/h3-9,12-16,25H,1,10-11H2,2H3,(H,27,29). The molecule has 2 aromatic heterocycles. The number of anilines is 1. The van der Waals surface area contributed by atoms with Crippen molar-refractivity contribution >= 4 is 17.4 Å². The minimum absolute atomic E-state index is 0.293. The molecule has 3 aromatic rings. The summed E-state index contributed by atoms with van der Waals surface area (Å²) in [6, 6.07) is 11.7. The van der Waals surface area contributed by atoms with Crippen molar-refractivity contribution in [1.82, 2.24) is 20.1 Å². The van der Waals surface area contributed by atoms with E-state index in [4.69, 9.17) is 9.82 Å². The highest BCUT2D eigenvalue weighted by molar-refractivity contribution is 6.05. The van der Waals surface area contributed by atoms with E-state index >= 15 is 0 Å². The Balaban J connectivity index is 1.74. The van der Waals surface area contributed by atoms with Gasteiger partial charge in [0.05, 0.1) is 19.0 Å². The molecule has 1 fully saturated rings. The molecule has 0 aliphatic heterocycles. The molecule has 0 unspecified atom stereocenters. The summed E-state index contributed by atoms with van der Waals surface area (Å²) >= 11 is 0. The molecule has 1 aromatic carbocycles. The highest BCUT2D eigenvalue weighted by Crippen LogP contribution is 2.42. The monoisotopic (exact) mass is 401 g/mol. The number of hydrogen-bond donors (Lipinski definition) is 2. The Hall–Kier alpha value is -3.71. The van der Waals surface area contributed by atoms with Crippen molar-refractivity contribution in [1.29, 1.82) is 0 Å². The zero-order valence-electron chi connectivity index (χ0n) is 16.7. The quantitative estimate of drug-likeness (QED) is 0.339. The second-order valence-corrected chi connectivity index (χ2v) is 6.97. The van der Waals surface area contributed by atoms with Gasteiger partial charge in [0.25, 0.3) is 5.91 Å². The number of nitrogens with one attached hydrogen (secondary N) is 2. The molecule has 4 rings (SSSR count). The molecule has 1 amide bonds. The Morgan fingerprint density at radius 3 is 2.80 bits per heavy atom. The van der Waals surface area contributed by atoms with Gasteiger partial charge < -0.3 is 5.32 Å². The summed E-state index contributed by atoms with van der Waals surface area (Å²) in [6.45, 7) is 3.68. The maximum Gasteiger partial charge on any atom is 0.256 e. The maximum atomic E-state index is 12.9. The lowest BCUT2D eigenvalue weighted by molar-refractivity contribution is -0.112. The third-order valence-electron chi connectivity index (χ3n) is 4.84. The van der Waals surface area contributed by atoms with Crippen molar-refractivity contribution < 1.29 is 9.63 Å². The number of carbonyl (C=O) groups is 1. The molecule has 0 saturated heterocycles. The molecule has 152 valence electrons. The van der Waals surface area contributed by atoms with E-state index in [0.29, 0.717) is 17.3 Å². The van der Waals surface area contributed by atoms with Gasteiger partial charge in [-0.1, -0.05) is 43.0 Å². The van der Waals surface area contributed by atoms with Crippen LogP contribution in [-0.4, -0.2) is 27.6 Å². The Bertz CT molecular complexity index is 1130. The molecule has 1 aliphatic carbocycles. The van der Waals surface area contributed by atoms with Gasteiger partial charge >= 0.3 is 0 Å². The lowest BCUT2D eigenvalue weighted by Crippen LogP contribution is -2.17. The van der Waals surface area contributed by atoms with Crippen LogP contribution in [0.25, 0.3) is 16.9 Å². The van der Waals surface area contributed by atoms with E-state index in [1.54, 1.807) is 22.7 Å². The average Bonchev–Trinajstić information content (AvgIpc) is 3.52. The molecule has 1 saturated carbocycles. The largest absolute Gasteiger partial charge is 0.306 e. The zero-order valence-corrected chi connectivity index (χ0v) is 16.7. The van der Waals surface area contributed by atoms with Crippen molar-refractivity contribution in [2.24, 2.45) is 0 Å². The summed E-state index contributed by atoms with van der Waals surface area (Å²) in [7, 11) is 1.50. The van der Waals surface area contributed by atoms with Crippen molar-refractivity contribution in [3.8, 4) is 11.3 Å². The van der Waals surface area contributed by atoms with Gasteiger partial charge in [-0.3, -0.25) is 15.1 Å². The summed E-state index contributed by atoms with van der Waals surface area (Å²) in [5.74, 6) is 0.752. The van der Waals surface area contributed by atoms with Crippen LogP contribution < -0.4 is 10.8 Å². The fourth-order valence-corrected chi connectivity index (χ4v) is 3.22. The first-order valence-electron chi connectivity index (χ1n) is 9.74. The van der Waals surface area contributed by atoms with Crippen molar-refractivity contribution in [2.75, 3.05) is 12.4 Å². The molecule has 0 bridgehead atoms. The lowest BCUT2D eigenvalue weighted by Gasteiger charge is -2.11. The Labute approximate surface area is 174 Å². The van der Waals surface area contributed by atoms with Crippen LogP contribution in [0.1, 0.15) is 24.3 Å². The van der Waals surface area contributed by atoms with Gasteiger partial charge in [0.1, 0.15) is 5.82 Å². The summed E-state index contributed by atoms with van der Waals surface area (Å²) < 4.78 is 1.70. The van der Waals surface area contributed by atoms with Crippen LogP contribution in [0.4, 0.5) is 5.82 Å². The third kappa shape index (κ3) is 4.16. The normalized spacial score (nSPS) is 14.2. The fraction of sp³-hybridized carbons (Fsp3) is 0.174. The van der Waals surface area contributed by atoms with E-state index in [9.17, 15) is 4.79 Å². The molecule has 2 heterocycles. The second kappa shape index (κ2) is 8.75. The molecule has 7 heteroatoms. The van der Waals surface area contributed by atoms with Gasteiger partial charge in [0, 0.05) is 29.0 Å². The number of hydroxylamine groups is 1. The number of carbonyl (C=O) groups excluding carboxylic acids is 1. The average molecular weight is 401 g/mol. The first-order valence-corrected chi connectivity index (χ1v) is 9.74. The van der Waals surface area contributed by atoms with Gasteiger partial charge in [0.15, 0.2) is 5.65 Å². The molecule has 7 nitrogen and oxygen atoms in total. The predicted molar refractivity (Wildman–Crippen MR) is 117 cm³/mol. The van der Waals surface area contributed by atoms with E-state index in [2.05, 4.69) is 22.5 Å². The van der Waals surface area contributed by atoms with Crippen LogP contribution in [-0.2, 0) is 9.63 Å². The molecular weight excluding hydrogens is 378 g/mol. The first-order chi connectivity index (χ1) is 14.7. The summed E-state index contributed by atoms with van der Waals surface area (Å²) in [4.78, 5) is 22.6. The maximum absolute atomic E-state index is 12.9. The lowest BCUT2D eigenvalue weighted by atomic mass is 10.1. The summed E-state index contributed by atoms with van der Waals surface area (Å²) in [5, 5.41) is 7.46. The molecule has 0 radical (unpaired) electrons. The van der Waals surface area contributed by atoms with E-state index < -0.39 is 0 Å². The Morgan fingerprint density at radius 2 is 2.10 bits per heavy atom. The smallest absolute Gasteiger partial charge is 0.256 e. The van der Waals surface area contributed by atoms with E-state index in [-0.39, 0.29) is 5.91 Å². The first kappa shape index (κ1) is 19.6. The number of amides is 1. The van der Waals surface area contributed by atoms with Crippen LogP contribution in [0.2, 0.25) is 0 Å². The zero-order chi connectivity index (χ0) is 20.9. The van der Waals surface area contributed by atoms with Crippen LogP contribution in [0, 0.1) is 0 Å². The van der Waals surface area contributed by atoms with Crippen LogP contribution in [0.5, 0.6) is 0 Å². The van der Waals surface area contributed by atoms with Crippen molar-refractivity contribution in [3.05, 3.63) is 84.7 Å². The van der Waals surface area contributed by atoms with Crippen molar-refractivity contribution in [2.45, 2.75) is 18.8 Å². The predicted octanol–water partition coefficient (Wildman–Crippen LogP) is 3.99. The van der Waals surface area contributed by atoms with E-state index in [0.717, 1.165) is 35.3 Å². The minimum Gasteiger partial charge on any atom is -0.306 e. The second-order valence-electron chi connectivity index (χ2n) is 6.97. The fourth-order valence-electron chi connectivity index (χ4n) is 3.22. The van der Waals surface area contributed by atoms with Crippen LogP contribution in [0.15, 0.2) is 79.2 Å². The number of aromatic nitrogens is 3. The molecule has 2 N–H and O–H groups in total. The topological polar surface area (TPSA) is 80.5 Å². The van der Waals surface area contributed by atoms with Gasteiger partial charge in [-0.15, -0.1) is 0 Å². The Morgan fingerprint density at radius 1 is 1.30 bits per heavy atom. The molecular formula is C23H23N5O2. The number of fused-ring (bicyclic) bond motifs is 1. The molecule has 0 spiro atoms. The van der Waals surface area contributed by atoms with Crippen LogP contribution in [0.3, 0.4) is 0 Å². The van der Waals surface area contributed by atoms with Gasteiger partial charge in [-0.05, 0) is 30.9 Å².